The molecule has 0 saturated heterocycles. The van der Waals surface area contributed by atoms with E-state index in [0.29, 0.717) is 0 Å². The molecule has 0 radical (unpaired) electrons. The number of carbonyl (C=O) groups is 4. The molecule has 3 unspecified atom stereocenters. The third-order valence-corrected chi connectivity index (χ3v) is 9.73. The highest BCUT2D eigenvalue weighted by Crippen LogP contribution is 2.29. The van der Waals surface area contributed by atoms with E-state index in [2.05, 4.69) is 10.6 Å². The first-order valence-electron chi connectivity index (χ1n) is 16.3. The smallest absolute Gasteiger partial charge is 0.342 e. The number of alkyl halides is 3. The summed E-state index contributed by atoms with van der Waals surface area (Å²) in [5.74, 6) is -4.79. The van der Waals surface area contributed by atoms with Crippen molar-refractivity contribution in [2.45, 2.75) is 90.9 Å². The number of benzene rings is 2. The van der Waals surface area contributed by atoms with Crippen molar-refractivity contribution in [3.63, 3.8) is 0 Å². The van der Waals surface area contributed by atoms with E-state index in [0.717, 1.165) is 17.7 Å². The van der Waals surface area contributed by atoms with Crippen LogP contribution in [0.2, 0.25) is 0 Å². The summed E-state index contributed by atoms with van der Waals surface area (Å²) >= 11 is 0. The summed E-state index contributed by atoms with van der Waals surface area (Å²) in [5.41, 5.74) is -0.448. The van der Waals surface area contributed by atoms with Gasteiger partial charge >= 0.3 is 12.1 Å². The standard InChI is InChI=1S/C36H50F3N5O6S/c1-22(2)27(20-23(3)30(45)43-51(49,50)21-24-16-18-26(19-17-24)41-33(48)36(37,38)39)44(10)32(47)29(34(4,5)6)42-31(46)28(40-9)35(7,8)25-14-12-11-13-15-25/h11-20,22,27-29,40H,21H2,1-10H3,(H,41,48)(H,42,46)(H,43,45)/b23-20+. The third-order valence-electron chi connectivity index (χ3n) is 8.52. The summed E-state index contributed by atoms with van der Waals surface area (Å²) in [4.78, 5) is 53.5. The number of likely N-dealkylation sites (N-methyl/N-ethyl adjacent to an activating group) is 2. The van der Waals surface area contributed by atoms with Gasteiger partial charge in [0.2, 0.25) is 21.8 Å². The zero-order valence-corrected chi connectivity index (χ0v) is 31.5. The number of hydrogen-bond acceptors (Lipinski definition) is 7. The normalized spacial score (nSPS) is 14.7. The number of amides is 4. The van der Waals surface area contributed by atoms with E-state index in [1.807, 2.05) is 83.5 Å². The van der Waals surface area contributed by atoms with Gasteiger partial charge in [0.05, 0.1) is 17.8 Å². The molecule has 0 fully saturated rings. The first kappa shape index (κ1) is 42.9. The zero-order valence-electron chi connectivity index (χ0n) is 30.7. The molecule has 282 valence electrons. The molecule has 0 heterocycles. The van der Waals surface area contributed by atoms with Crippen LogP contribution in [-0.2, 0) is 40.4 Å². The number of hydrogen-bond donors (Lipinski definition) is 4. The van der Waals surface area contributed by atoms with Crippen molar-refractivity contribution < 1.29 is 40.8 Å². The molecule has 0 saturated carbocycles. The summed E-state index contributed by atoms with van der Waals surface area (Å²) in [6.07, 6.45) is -3.60. The van der Waals surface area contributed by atoms with Crippen molar-refractivity contribution in [3.8, 4) is 0 Å². The van der Waals surface area contributed by atoms with Crippen LogP contribution in [0.15, 0.2) is 66.2 Å². The molecule has 0 aliphatic rings. The lowest BCUT2D eigenvalue weighted by atomic mass is 9.76. The molecule has 3 atom stereocenters. The van der Waals surface area contributed by atoms with E-state index in [-0.39, 0.29) is 28.6 Å². The average molecular weight is 738 g/mol. The largest absolute Gasteiger partial charge is 0.471 e. The Morgan fingerprint density at radius 2 is 1.43 bits per heavy atom. The minimum atomic E-state index is -5.09. The van der Waals surface area contributed by atoms with E-state index in [9.17, 15) is 40.8 Å². The molecule has 15 heteroatoms. The molecule has 2 rings (SSSR count). The van der Waals surface area contributed by atoms with Crippen LogP contribution < -0.4 is 20.7 Å². The Morgan fingerprint density at radius 3 is 1.90 bits per heavy atom. The first-order chi connectivity index (χ1) is 23.3. The summed E-state index contributed by atoms with van der Waals surface area (Å²) in [6.45, 7) is 14.4. The Balaban J connectivity index is 2.23. The van der Waals surface area contributed by atoms with Gasteiger partial charge in [0.15, 0.2) is 0 Å². The predicted octanol–water partition coefficient (Wildman–Crippen LogP) is 4.66. The lowest BCUT2D eigenvalue weighted by Crippen LogP contribution is -2.61. The molecule has 51 heavy (non-hydrogen) atoms. The fraction of sp³-hybridized carbons (Fsp3) is 0.500. The van der Waals surface area contributed by atoms with Gasteiger partial charge in [0.1, 0.15) is 6.04 Å². The molecule has 0 aliphatic heterocycles. The van der Waals surface area contributed by atoms with Crippen LogP contribution in [0.4, 0.5) is 18.9 Å². The molecule has 0 aromatic heterocycles. The molecular weight excluding hydrogens is 687 g/mol. The van der Waals surface area contributed by atoms with E-state index in [1.54, 1.807) is 19.4 Å². The van der Waals surface area contributed by atoms with Crippen molar-refractivity contribution in [1.82, 2.24) is 20.3 Å². The number of nitrogens with zero attached hydrogens (tertiary/aromatic N) is 1. The monoisotopic (exact) mass is 737 g/mol. The highest BCUT2D eigenvalue weighted by Gasteiger charge is 2.42. The topological polar surface area (TPSA) is 154 Å². The van der Waals surface area contributed by atoms with Crippen LogP contribution in [0.5, 0.6) is 0 Å². The van der Waals surface area contributed by atoms with Gasteiger partial charge in [-0.1, -0.05) is 97.0 Å². The van der Waals surface area contributed by atoms with Gasteiger partial charge in [0.25, 0.3) is 5.91 Å². The second-order valence-corrected chi connectivity index (χ2v) is 16.2. The van der Waals surface area contributed by atoms with Crippen molar-refractivity contribution in [2.24, 2.45) is 11.3 Å². The molecule has 2 aromatic rings. The molecule has 2 aromatic carbocycles. The average Bonchev–Trinajstić information content (AvgIpc) is 3.01. The Kier molecular flexibility index (Phi) is 14.2. The SMILES string of the molecule is CNC(C(=O)NC(C(=O)N(C)C(/C=C(\C)C(=O)NS(=O)(=O)Cc1ccc(NC(=O)C(F)(F)F)cc1)C(C)C)C(C)(C)C)C(C)(C)c1ccccc1. The Hall–Kier alpha value is -4.24. The Morgan fingerprint density at radius 1 is 0.882 bits per heavy atom. The van der Waals surface area contributed by atoms with Gasteiger partial charge in [-0.05, 0) is 48.6 Å². The Bertz CT molecular complexity index is 1690. The molecule has 4 amide bonds. The third kappa shape index (κ3) is 11.9. The second kappa shape index (κ2) is 16.9. The van der Waals surface area contributed by atoms with Crippen molar-refractivity contribution in [2.75, 3.05) is 19.4 Å². The van der Waals surface area contributed by atoms with E-state index in [1.165, 1.54) is 30.0 Å². The van der Waals surface area contributed by atoms with Crippen LogP contribution in [0.3, 0.4) is 0 Å². The number of sulfonamides is 1. The lowest BCUT2D eigenvalue weighted by Gasteiger charge is -2.40. The van der Waals surface area contributed by atoms with Crippen molar-refractivity contribution in [1.29, 1.82) is 0 Å². The predicted molar refractivity (Wildman–Crippen MR) is 191 cm³/mol. The minimum Gasteiger partial charge on any atom is -0.342 e. The molecule has 11 nitrogen and oxygen atoms in total. The Labute approximate surface area is 298 Å². The summed E-state index contributed by atoms with van der Waals surface area (Å²) in [5, 5.41) is 7.73. The minimum absolute atomic E-state index is 0.0123. The number of rotatable bonds is 14. The lowest BCUT2D eigenvalue weighted by molar-refractivity contribution is -0.167. The molecule has 4 N–H and O–H groups in total. The summed E-state index contributed by atoms with van der Waals surface area (Å²) < 4.78 is 65.2. The van der Waals surface area contributed by atoms with Crippen molar-refractivity contribution in [3.05, 3.63) is 77.4 Å². The highest BCUT2D eigenvalue weighted by molar-refractivity contribution is 7.89. The first-order valence-corrected chi connectivity index (χ1v) is 18.0. The quantitative estimate of drug-likeness (QED) is 0.206. The summed E-state index contributed by atoms with van der Waals surface area (Å²) in [7, 11) is -1.02. The van der Waals surface area contributed by atoms with Gasteiger partial charge in [-0.25, -0.2) is 13.1 Å². The van der Waals surface area contributed by atoms with Crippen LogP contribution in [0.25, 0.3) is 0 Å². The van der Waals surface area contributed by atoms with Gasteiger partial charge < -0.3 is 20.9 Å². The highest BCUT2D eigenvalue weighted by atomic mass is 32.2. The molecular formula is C36H50F3N5O6S. The maximum absolute atomic E-state index is 14.1. The van der Waals surface area contributed by atoms with Gasteiger partial charge in [0, 0.05) is 23.7 Å². The van der Waals surface area contributed by atoms with Gasteiger partial charge in [-0.15, -0.1) is 0 Å². The van der Waals surface area contributed by atoms with E-state index in [4.69, 9.17) is 0 Å². The molecule has 0 bridgehead atoms. The van der Waals surface area contributed by atoms with Gasteiger partial charge in [-0.2, -0.15) is 13.2 Å². The fourth-order valence-corrected chi connectivity index (χ4v) is 6.67. The number of anilines is 1. The van der Waals surface area contributed by atoms with E-state index >= 15 is 0 Å². The zero-order chi connectivity index (χ0) is 39.1. The van der Waals surface area contributed by atoms with Crippen LogP contribution >= 0.6 is 0 Å². The maximum atomic E-state index is 14.1. The molecule has 0 spiro atoms. The summed E-state index contributed by atoms with van der Waals surface area (Å²) in [6, 6.07) is 11.9. The van der Waals surface area contributed by atoms with Crippen molar-refractivity contribution >= 4 is 39.3 Å². The second-order valence-electron chi connectivity index (χ2n) is 14.5. The number of nitrogens with one attached hydrogen (secondary N) is 4. The maximum Gasteiger partial charge on any atom is 0.471 e. The fourth-order valence-electron chi connectivity index (χ4n) is 5.53. The van der Waals surface area contributed by atoms with E-state index < -0.39 is 68.6 Å². The van der Waals surface area contributed by atoms with Crippen LogP contribution in [-0.4, -0.2) is 75.3 Å². The molecule has 0 aliphatic carbocycles. The number of halogens is 3. The van der Waals surface area contributed by atoms with Crippen LogP contribution in [0.1, 0.15) is 66.5 Å². The number of carbonyl (C=O) groups excluding carboxylic acids is 4. The van der Waals surface area contributed by atoms with Gasteiger partial charge in [-0.3, -0.25) is 19.2 Å². The van der Waals surface area contributed by atoms with Crippen LogP contribution in [0, 0.1) is 11.3 Å².